The molecule has 1 unspecified atom stereocenters. The number of hydrogen-bond donors (Lipinski definition) is 1. The Morgan fingerprint density at radius 2 is 1.79 bits per heavy atom. The highest BCUT2D eigenvalue weighted by Crippen LogP contribution is 2.28. The fourth-order valence-electron chi connectivity index (χ4n) is 2.51. The Hall–Kier alpha value is -1.80. The molecular formula is C17H19NO. The molecule has 1 atom stereocenters. The Kier molecular flexibility index (Phi) is 3.80. The lowest BCUT2D eigenvalue weighted by Gasteiger charge is -2.14. The van der Waals surface area contributed by atoms with Crippen molar-refractivity contribution in [3.63, 3.8) is 0 Å². The molecule has 0 spiro atoms. The Morgan fingerprint density at radius 1 is 1.00 bits per heavy atom. The first-order valence-corrected chi connectivity index (χ1v) is 6.89. The average molecular weight is 253 g/mol. The SMILES string of the molecule is c1ccc(-c2ccccc2NCC2CCOC2)cc1. The molecule has 0 aliphatic carbocycles. The standard InChI is InChI=1S/C17H19NO/c1-2-6-15(7-3-1)16-8-4-5-9-17(16)18-12-14-10-11-19-13-14/h1-9,14,18H,10-13H2. The van der Waals surface area contributed by atoms with E-state index in [0.717, 1.165) is 19.8 Å². The molecule has 2 nitrogen and oxygen atoms in total. The minimum absolute atomic E-state index is 0.642. The molecule has 1 heterocycles. The molecule has 1 N–H and O–H groups in total. The lowest BCUT2D eigenvalue weighted by Crippen LogP contribution is -2.14. The van der Waals surface area contributed by atoms with E-state index in [-0.39, 0.29) is 0 Å². The van der Waals surface area contributed by atoms with Crippen molar-refractivity contribution in [3.05, 3.63) is 54.6 Å². The highest BCUT2D eigenvalue weighted by molar-refractivity contribution is 5.77. The fourth-order valence-corrected chi connectivity index (χ4v) is 2.51. The van der Waals surface area contributed by atoms with Crippen molar-refractivity contribution in [1.82, 2.24) is 0 Å². The topological polar surface area (TPSA) is 21.3 Å². The minimum atomic E-state index is 0.642. The fraction of sp³-hybridized carbons (Fsp3) is 0.294. The molecule has 1 aliphatic rings. The summed E-state index contributed by atoms with van der Waals surface area (Å²) in [4.78, 5) is 0. The van der Waals surface area contributed by atoms with Gasteiger partial charge in [-0.05, 0) is 18.1 Å². The van der Waals surface area contributed by atoms with Crippen molar-refractivity contribution in [2.75, 3.05) is 25.1 Å². The molecule has 0 radical (unpaired) electrons. The molecule has 1 saturated heterocycles. The van der Waals surface area contributed by atoms with Gasteiger partial charge in [0.25, 0.3) is 0 Å². The number of rotatable bonds is 4. The number of ether oxygens (including phenoxy) is 1. The predicted molar refractivity (Wildman–Crippen MR) is 79.3 cm³/mol. The van der Waals surface area contributed by atoms with Gasteiger partial charge in [-0.3, -0.25) is 0 Å². The predicted octanol–water partition coefficient (Wildman–Crippen LogP) is 3.80. The van der Waals surface area contributed by atoms with Crippen molar-refractivity contribution in [3.8, 4) is 11.1 Å². The number of anilines is 1. The van der Waals surface area contributed by atoms with Crippen molar-refractivity contribution in [1.29, 1.82) is 0 Å². The van der Waals surface area contributed by atoms with Gasteiger partial charge in [-0.25, -0.2) is 0 Å². The van der Waals surface area contributed by atoms with E-state index in [1.807, 2.05) is 0 Å². The molecule has 2 heteroatoms. The average Bonchev–Trinajstić information content (AvgIpc) is 3.00. The Bertz CT molecular complexity index is 518. The van der Waals surface area contributed by atoms with E-state index in [9.17, 15) is 0 Å². The summed E-state index contributed by atoms with van der Waals surface area (Å²) >= 11 is 0. The van der Waals surface area contributed by atoms with Crippen LogP contribution in [0, 0.1) is 5.92 Å². The van der Waals surface area contributed by atoms with E-state index in [1.54, 1.807) is 0 Å². The highest BCUT2D eigenvalue weighted by atomic mass is 16.5. The second kappa shape index (κ2) is 5.89. The van der Waals surface area contributed by atoms with Crippen LogP contribution in [-0.4, -0.2) is 19.8 Å². The van der Waals surface area contributed by atoms with E-state index in [1.165, 1.54) is 23.2 Å². The Balaban J connectivity index is 1.77. The minimum Gasteiger partial charge on any atom is -0.384 e. The van der Waals surface area contributed by atoms with Crippen LogP contribution in [0.25, 0.3) is 11.1 Å². The normalized spacial score (nSPS) is 18.4. The lowest BCUT2D eigenvalue weighted by atomic mass is 10.0. The number of benzene rings is 2. The van der Waals surface area contributed by atoms with Crippen LogP contribution >= 0.6 is 0 Å². The van der Waals surface area contributed by atoms with Crippen LogP contribution in [0.1, 0.15) is 6.42 Å². The molecule has 2 aromatic rings. The van der Waals surface area contributed by atoms with Crippen LogP contribution in [0.4, 0.5) is 5.69 Å². The van der Waals surface area contributed by atoms with Gasteiger partial charge in [0.15, 0.2) is 0 Å². The number of para-hydroxylation sites is 1. The molecule has 0 saturated carbocycles. The van der Waals surface area contributed by atoms with Gasteiger partial charge in [0.05, 0.1) is 6.61 Å². The van der Waals surface area contributed by atoms with Crippen LogP contribution in [0.3, 0.4) is 0 Å². The third kappa shape index (κ3) is 2.96. The van der Waals surface area contributed by atoms with E-state index >= 15 is 0 Å². The zero-order valence-electron chi connectivity index (χ0n) is 11.0. The van der Waals surface area contributed by atoms with E-state index in [4.69, 9.17) is 4.74 Å². The van der Waals surface area contributed by atoms with E-state index in [2.05, 4.69) is 59.9 Å². The molecule has 19 heavy (non-hydrogen) atoms. The van der Waals surface area contributed by atoms with Gasteiger partial charge in [0, 0.05) is 30.3 Å². The summed E-state index contributed by atoms with van der Waals surface area (Å²) in [5, 5.41) is 3.57. The maximum Gasteiger partial charge on any atom is 0.0511 e. The summed E-state index contributed by atoms with van der Waals surface area (Å²) in [7, 11) is 0. The molecule has 0 aromatic heterocycles. The largest absolute Gasteiger partial charge is 0.384 e. The van der Waals surface area contributed by atoms with Crippen molar-refractivity contribution in [2.45, 2.75) is 6.42 Å². The molecule has 2 aromatic carbocycles. The molecule has 98 valence electrons. The quantitative estimate of drug-likeness (QED) is 0.894. The van der Waals surface area contributed by atoms with Crippen molar-refractivity contribution < 1.29 is 4.74 Å². The van der Waals surface area contributed by atoms with Crippen LogP contribution in [0.5, 0.6) is 0 Å². The molecule has 1 fully saturated rings. The van der Waals surface area contributed by atoms with Crippen LogP contribution < -0.4 is 5.32 Å². The van der Waals surface area contributed by atoms with Gasteiger partial charge in [-0.15, -0.1) is 0 Å². The zero-order chi connectivity index (χ0) is 12.9. The summed E-state index contributed by atoms with van der Waals surface area (Å²) in [5.41, 5.74) is 3.73. The lowest BCUT2D eigenvalue weighted by molar-refractivity contribution is 0.187. The Labute approximate surface area is 114 Å². The van der Waals surface area contributed by atoms with E-state index in [0.29, 0.717) is 5.92 Å². The van der Waals surface area contributed by atoms with Gasteiger partial charge >= 0.3 is 0 Å². The molecule has 0 bridgehead atoms. The third-order valence-corrected chi connectivity index (χ3v) is 3.62. The van der Waals surface area contributed by atoms with Gasteiger partial charge in [-0.1, -0.05) is 48.5 Å². The molecule has 1 aliphatic heterocycles. The smallest absolute Gasteiger partial charge is 0.0511 e. The summed E-state index contributed by atoms with van der Waals surface area (Å²) < 4.78 is 5.42. The van der Waals surface area contributed by atoms with Gasteiger partial charge in [0.2, 0.25) is 0 Å². The first-order chi connectivity index (χ1) is 9.43. The summed E-state index contributed by atoms with van der Waals surface area (Å²) in [6.07, 6.45) is 1.17. The molecule has 0 amide bonds. The van der Waals surface area contributed by atoms with Gasteiger partial charge in [0.1, 0.15) is 0 Å². The second-order valence-corrected chi connectivity index (χ2v) is 5.02. The van der Waals surface area contributed by atoms with Crippen molar-refractivity contribution in [2.24, 2.45) is 5.92 Å². The number of nitrogens with one attached hydrogen (secondary N) is 1. The van der Waals surface area contributed by atoms with Gasteiger partial charge in [-0.2, -0.15) is 0 Å². The Morgan fingerprint density at radius 3 is 2.58 bits per heavy atom. The second-order valence-electron chi connectivity index (χ2n) is 5.02. The third-order valence-electron chi connectivity index (χ3n) is 3.62. The van der Waals surface area contributed by atoms with Crippen LogP contribution in [0.15, 0.2) is 54.6 Å². The van der Waals surface area contributed by atoms with Crippen LogP contribution in [-0.2, 0) is 4.74 Å². The maximum atomic E-state index is 5.42. The molecule has 3 rings (SSSR count). The van der Waals surface area contributed by atoms with Crippen molar-refractivity contribution >= 4 is 5.69 Å². The zero-order valence-corrected chi connectivity index (χ0v) is 11.0. The van der Waals surface area contributed by atoms with Crippen LogP contribution in [0.2, 0.25) is 0 Å². The first kappa shape index (κ1) is 12.2. The van der Waals surface area contributed by atoms with E-state index < -0.39 is 0 Å². The molecular weight excluding hydrogens is 234 g/mol. The van der Waals surface area contributed by atoms with Gasteiger partial charge < -0.3 is 10.1 Å². The maximum absolute atomic E-state index is 5.42. The summed E-state index contributed by atoms with van der Waals surface area (Å²) in [6, 6.07) is 19.0. The first-order valence-electron chi connectivity index (χ1n) is 6.89. The number of hydrogen-bond acceptors (Lipinski definition) is 2. The summed E-state index contributed by atoms with van der Waals surface area (Å²) in [5.74, 6) is 0.642. The highest BCUT2D eigenvalue weighted by Gasteiger charge is 2.15. The summed E-state index contributed by atoms with van der Waals surface area (Å²) in [6.45, 7) is 2.79. The monoisotopic (exact) mass is 253 g/mol.